The molecule has 2 N–H and O–H groups in total. The summed E-state index contributed by atoms with van der Waals surface area (Å²) in [6.07, 6.45) is -2.88. The van der Waals surface area contributed by atoms with E-state index in [-0.39, 0.29) is 28.7 Å². The molecule has 3 aromatic rings. The number of anilines is 2. The van der Waals surface area contributed by atoms with Crippen LogP contribution in [0.25, 0.3) is 0 Å². The summed E-state index contributed by atoms with van der Waals surface area (Å²) >= 11 is 0. The molecule has 1 atom stereocenters. The van der Waals surface area contributed by atoms with Crippen LogP contribution >= 0.6 is 0 Å². The molecule has 10 heteroatoms. The van der Waals surface area contributed by atoms with Crippen LogP contribution in [-0.2, 0) is 6.18 Å². The molecule has 1 amide bonds. The fraction of sp³-hybridized carbons (Fsp3) is 0.143. The fourth-order valence-corrected chi connectivity index (χ4v) is 2.83. The Morgan fingerprint density at radius 1 is 1.10 bits per heavy atom. The topological polar surface area (TPSA) is 97.2 Å². The number of nitrogens with one attached hydrogen (secondary N) is 2. The number of halogens is 3. The van der Waals surface area contributed by atoms with Crippen LogP contribution in [0.3, 0.4) is 0 Å². The Balaban J connectivity index is 1.78. The third-order valence-corrected chi connectivity index (χ3v) is 4.43. The van der Waals surface area contributed by atoms with Gasteiger partial charge in [0.1, 0.15) is 5.69 Å². The number of carbonyl (C=O) groups is 1. The van der Waals surface area contributed by atoms with Crippen LogP contribution in [0.15, 0.2) is 66.9 Å². The summed E-state index contributed by atoms with van der Waals surface area (Å²) in [7, 11) is 0. The molecule has 0 aliphatic rings. The van der Waals surface area contributed by atoms with E-state index in [9.17, 15) is 28.1 Å². The first-order chi connectivity index (χ1) is 14.6. The van der Waals surface area contributed by atoms with Gasteiger partial charge in [-0.15, -0.1) is 0 Å². The lowest BCUT2D eigenvalue weighted by Crippen LogP contribution is -2.14. The van der Waals surface area contributed by atoms with Gasteiger partial charge in [0.15, 0.2) is 0 Å². The first-order valence-electron chi connectivity index (χ1n) is 9.09. The fourth-order valence-electron chi connectivity index (χ4n) is 2.83. The van der Waals surface area contributed by atoms with Crippen molar-refractivity contribution in [1.82, 2.24) is 4.98 Å². The number of pyridine rings is 1. The number of hydrogen-bond acceptors (Lipinski definition) is 5. The quantitative estimate of drug-likeness (QED) is 0.401. The highest BCUT2D eigenvalue weighted by Crippen LogP contribution is 2.31. The second-order valence-electron chi connectivity index (χ2n) is 6.64. The molecule has 0 radical (unpaired) electrons. The van der Waals surface area contributed by atoms with E-state index in [0.29, 0.717) is 5.69 Å². The van der Waals surface area contributed by atoms with Crippen molar-refractivity contribution in [2.75, 3.05) is 10.6 Å². The van der Waals surface area contributed by atoms with Gasteiger partial charge in [0.25, 0.3) is 11.6 Å². The van der Waals surface area contributed by atoms with E-state index in [0.717, 1.165) is 30.3 Å². The van der Waals surface area contributed by atoms with Crippen LogP contribution in [0.4, 0.5) is 30.2 Å². The lowest BCUT2D eigenvalue weighted by molar-refractivity contribution is -0.384. The second kappa shape index (κ2) is 8.82. The van der Waals surface area contributed by atoms with E-state index < -0.39 is 22.6 Å². The van der Waals surface area contributed by atoms with Crippen LogP contribution in [0, 0.1) is 10.1 Å². The Bertz CT molecular complexity index is 1090. The summed E-state index contributed by atoms with van der Waals surface area (Å²) in [6, 6.07) is 12.8. The molecule has 1 heterocycles. The molecule has 160 valence electrons. The second-order valence-corrected chi connectivity index (χ2v) is 6.64. The third kappa shape index (κ3) is 5.35. The number of nitro groups is 1. The Hall–Kier alpha value is -3.95. The van der Waals surface area contributed by atoms with E-state index in [1.165, 1.54) is 12.1 Å². The minimum absolute atomic E-state index is 0.0114. The molecule has 0 spiro atoms. The minimum atomic E-state index is -4.49. The van der Waals surface area contributed by atoms with Crippen molar-refractivity contribution >= 4 is 23.0 Å². The molecule has 31 heavy (non-hydrogen) atoms. The highest BCUT2D eigenvalue weighted by molar-refractivity contribution is 6.05. The molecular formula is C21H17F3N4O3. The van der Waals surface area contributed by atoms with Gasteiger partial charge in [0.2, 0.25) is 0 Å². The summed E-state index contributed by atoms with van der Waals surface area (Å²) in [6.45, 7) is 1.79. The summed E-state index contributed by atoms with van der Waals surface area (Å²) in [5.41, 5.74) is -0.161. The zero-order valence-electron chi connectivity index (χ0n) is 16.2. The van der Waals surface area contributed by atoms with E-state index >= 15 is 0 Å². The van der Waals surface area contributed by atoms with Crippen molar-refractivity contribution in [2.45, 2.75) is 19.1 Å². The lowest BCUT2D eigenvalue weighted by Gasteiger charge is -2.15. The summed E-state index contributed by atoms with van der Waals surface area (Å²) < 4.78 is 37.9. The Morgan fingerprint density at radius 2 is 1.81 bits per heavy atom. The van der Waals surface area contributed by atoms with E-state index in [4.69, 9.17) is 0 Å². The zero-order chi connectivity index (χ0) is 22.6. The maximum Gasteiger partial charge on any atom is 0.416 e. The highest BCUT2D eigenvalue weighted by atomic mass is 19.4. The molecule has 1 unspecified atom stereocenters. The first-order valence-corrected chi connectivity index (χ1v) is 9.09. The highest BCUT2D eigenvalue weighted by Gasteiger charge is 2.30. The van der Waals surface area contributed by atoms with Crippen molar-refractivity contribution in [3.05, 3.63) is 93.8 Å². The minimum Gasteiger partial charge on any atom is -0.371 e. The molecule has 2 aromatic carbocycles. The standard InChI is InChI=1S/C21H17F3N4O3/c1-13(17-4-2-3-11-25-17)26-18-10-5-14(12-19(18)28(30)31)20(29)27-16-8-6-15(7-9-16)21(22,23)24/h2-13,26H,1H3,(H,27,29). The van der Waals surface area contributed by atoms with Crippen molar-refractivity contribution in [3.8, 4) is 0 Å². The first kappa shape index (κ1) is 21.8. The monoisotopic (exact) mass is 430 g/mol. The van der Waals surface area contributed by atoms with Crippen LogP contribution in [0.5, 0.6) is 0 Å². The predicted molar refractivity (Wildman–Crippen MR) is 109 cm³/mol. The molecule has 0 aliphatic carbocycles. The van der Waals surface area contributed by atoms with Gasteiger partial charge < -0.3 is 10.6 Å². The van der Waals surface area contributed by atoms with Crippen molar-refractivity contribution in [3.63, 3.8) is 0 Å². The smallest absolute Gasteiger partial charge is 0.371 e. The number of nitro benzene ring substituents is 1. The SMILES string of the molecule is CC(Nc1ccc(C(=O)Nc2ccc(C(F)(F)F)cc2)cc1[N+](=O)[O-])c1ccccn1. The Labute approximate surface area is 175 Å². The van der Waals surface area contributed by atoms with Crippen molar-refractivity contribution < 1.29 is 22.9 Å². The van der Waals surface area contributed by atoms with Gasteiger partial charge in [-0.1, -0.05) is 6.07 Å². The summed E-state index contributed by atoms with van der Waals surface area (Å²) in [5, 5.41) is 16.9. The van der Waals surface area contributed by atoms with E-state index in [1.54, 1.807) is 31.3 Å². The van der Waals surface area contributed by atoms with E-state index in [2.05, 4.69) is 15.6 Å². The van der Waals surface area contributed by atoms with E-state index in [1.807, 2.05) is 0 Å². The lowest BCUT2D eigenvalue weighted by atomic mass is 10.1. The number of hydrogen-bond donors (Lipinski definition) is 2. The normalized spacial score (nSPS) is 12.1. The molecule has 1 aromatic heterocycles. The number of benzene rings is 2. The van der Waals surface area contributed by atoms with Gasteiger partial charge >= 0.3 is 6.18 Å². The number of aromatic nitrogens is 1. The zero-order valence-corrected chi connectivity index (χ0v) is 16.2. The molecule has 7 nitrogen and oxygen atoms in total. The number of carbonyl (C=O) groups excluding carboxylic acids is 1. The average molecular weight is 430 g/mol. The van der Waals surface area contributed by atoms with Gasteiger partial charge in [-0.05, 0) is 55.5 Å². The van der Waals surface area contributed by atoms with Gasteiger partial charge in [0, 0.05) is 23.5 Å². The number of amides is 1. The Kier molecular flexibility index (Phi) is 6.19. The van der Waals surface area contributed by atoms with Gasteiger partial charge in [0.05, 0.1) is 22.2 Å². The van der Waals surface area contributed by atoms with Crippen LogP contribution in [0.1, 0.15) is 34.6 Å². The molecule has 0 aliphatic heterocycles. The van der Waals surface area contributed by atoms with Crippen molar-refractivity contribution in [2.24, 2.45) is 0 Å². The number of nitrogens with zero attached hydrogens (tertiary/aromatic N) is 2. The molecule has 0 saturated heterocycles. The summed E-state index contributed by atoms with van der Waals surface area (Å²) in [4.78, 5) is 27.5. The maximum absolute atomic E-state index is 12.6. The molecule has 0 fully saturated rings. The Morgan fingerprint density at radius 3 is 2.39 bits per heavy atom. The average Bonchev–Trinajstić information content (AvgIpc) is 2.74. The van der Waals surface area contributed by atoms with Crippen LogP contribution < -0.4 is 10.6 Å². The van der Waals surface area contributed by atoms with Gasteiger partial charge in [-0.2, -0.15) is 13.2 Å². The summed E-state index contributed by atoms with van der Waals surface area (Å²) in [5.74, 6) is -0.688. The van der Waals surface area contributed by atoms with Crippen LogP contribution in [0.2, 0.25) is 0 Å². The van der Waals surface area contributed by atoms with Crippen LogP contribution in [-0.4, -0.2) is 15.8 Å². The maximum atomic E-state index is 12.6. The molecule has 3 rings (SSSR count). The molecule has 0 saturated carbocycles. The predicted octanol–water partition coefficient (Wildman–Crippen LogP) is 5.43. The number of rotatable bonds is 6. The largest absolute Gasteiger partial charge is 0.416 e. The third-order valence-electron chi connectivity index (χ3n) is 4.43. The molecule has 0 bridgehead atoms. The number of alkyl halides is 3. The van der Waals surface area contributed by atoms with Gasteiger partial charge in [-0.3, -0.25) is 19.9 Å². The van der Waals surface area contributed by atoms with Crippen molar-refractivity contribution in [1.29, 1.82) is 0 Å². The molecular weight excluding hydrogens is 413 g/mol. The van der Waals surface area contributed by atoms with Gasteiger partial charge in [-0.25, -0.2) is 0 Å².